The summed E-state index contributed by atoms with van der Waals surface area (Å²) < 4.78 is 5.89. The lowest BCUT2D eigenvalue weighted by atomic mass is 9.85. The lowest BCUT2D eigenvalue weighted by Crippen LogP contribution is -2.53. The summed E-state index contributed by atoms with van der Waals surface area (Å²) in [6, 6.07) is 19.2. The number of nitrogens with zero attached hydrogens (tertiary/aromatic N) is 1. The molecule has 144 valence electrons. The van der Waals surface area contributed by atoms with Crippen LogP contribution in [0.2, 0.25) is 0 Å². The van der Waals surface area contributed by atoms with E-state index in [9.17, 15) is 4.79 Å². The van der Waals surface area contributed by atoms with E-state index in [2.05, 4.69) is 29.6 Å². The van der Waals surface area contributed by atoms with Crippen molar-refractivity contribution in [1.82, 2.24) is 10.2 Å². The molecule has 1 fully saturated rings. The summed E-state index contributed by atoms with van der Waals surface area (Å²) in [5, 5.41) is 12.5. The zero-order chi connectivity index (χ0) is 19.1. The van der Waals surface area contributed by atoms with Gasteiger partial charge in [0.05, 0.1) is 6.54 Å². The predicted molar refractivity (Wildman–Crippen MR) is 106 cm³/mol. The Labute approximate surface area is 161 Å². The van der Waals surface area contributed by atoms with Gasteiger partial charge in [0.2, 0.25) is 0 Å². The molecule has 2 aromatic rings. The van der Waals surface area contributed by atoms with Crippen LogP contribution < -0.4 is 10.1 Å². The van der Waals surface area contributed by atoms with Gasteiger partial charge in [-0.3, -0.25) is 9.69 Å². The first-order valence-corrected chi connectivity index (χ1v) is 9.59. The van der Waals surface area contributed by atoms with Gasteiger partial charge in [0.1, 0.15) is 12.4 Å². The highest BCUT2D eigenvalue weighted by Crippen LogP contribution is 2.26. The number of hydrogen-bond acceptors (Lipinski definition) is 4. The van der Waals surface area contributed by atoms with E-state index in [0.717, 1.165) is 37.2 Å². The highest BCUT2D eigenvalue weighted by atomic mass is 16.5. The lowest BCUT2D eigenvalue weighted by Gasteiger charge is -2.42. The third-order valence-corrected chi connectivity index (χ3v) is 5.12. The van der Waals surface area contributed by atoms with Crippen LogP contribution in [0.15, 0.2) is 54.6 Å². The molecule has 0 aliphatic heterocycles. The number of likely N-dealkylation sites (N-methyl/N-ethyl adjacent to an activating group) is 1. The Morgan fingerprint density at radius 3 is 2.59 bits per heavy atom. The molecule has 5 heteroatoms. The minimum absolute atomic E-state index is 0.134. The fourth-order valence-corrected chi connectivity index (χ4v) is 3.47. The van der Waals surface area contributed by atoms with Crippen molar-refractivity contribution in [3.8, 4) is 5.75 Å². The van der Waals surface area contributed by atoms with Gasteiger partial charge in [0.15, 0.2) is 0 Å². The van der Waals surface area contributed by atoms with Crippen LogP contribution in [0.5, 0.6) is 5.75 Å². The molecule has 1 aliphatic rings. The predicted octanol–water partition coefficient (Wildman–Crippen LogP) is 3.29. The minimum atomic E-state index is -0.749. The zero-order valence-electron chi connectivity index (χ0n) is 15.8. The van der Waals surface area contributed by atoms with Crippen molar-refractivity contribution >= 4 is 5.97 Å². The van der Waals surface area contributed by atoms with E-state index in [-0.39, 0.29) is 6.54 Å². The molecule has 0 unspecified atom stereocenters. The molecular weight excluding hydrogens is 340 g/mol. The standard InChI is InChI=1S/C22H28N2O3/c1-2-24(15-22(25)26)20-12-19(13-20)23-14-18-9-6-10-21(11-18)27-16-17-7-4-3-5-8-17/h3-11,19-20,23H,2,12-16H2,1H3,(H,25,26). The third-order valence-electron chi connectivity index (χ3n) is 5.12. The fourth-order valence-electron chi connectivity index (χ4n) is 3.47. The van der Waals surface area contributed by atoms with Crippen LogP contribution in [0.4, 0.5) is 0 Å². The lowest BCUT2D eigenvalue weighted by molar-refractivity contribution is -0.139. The smallest absolute Gasteiger partial charge is 0.317 e. The van der Waals surface area contributed by atoms with Crippen LogP contribution in [0.25, 0.3) is 0 Å². The number of benzene rings is 2. The largest absolute Gasteiger partial charge is 0.489 e. The van der Waals surface area contributed by atoms with Crippen molar-refractivity contribution in [1.29, 1.82) is 0 Å². The van der Waals surface area contributed by atoms with Crippen molar-refractivity contribution in [2.45, 2.75) is 45.0 Å². The van der Waals surface area contributed by atoms with E-state index < -0.39 is 5.97 Å². The minimum Gasteiger partial charge on any atom is -0.489 e. The number of hydrogen-bond donors (Lipinski definition) is 2. The molecule has 2 N–H and O–H groups in total. The van der Waals surface area contributed by atoms with Gasteiger partial charge in [0.25, 0.3) is 0 Å². The highest BCUT2D eigenvalue weighted by molar-refractivity contribution is 5.69. The van der Waals surface area contributed by atoms with Crippen molar-refractivity contribution < 1.29 is 14.6 Å². The molecule has 3 rings (SSSR count). The van der Waals surface area contributed by atoms with Gasteiger partial charge in [-0.1, -0.05) is 49.4 Å². The molecule has 1 aliphatic carbocycles. The molecule has 1 saturated carbocycles. The van der Waals surface area contributed by atoms with E-state index in [1.807, 2.05) is 42.2 Å². The summed E-state index contributed by atoms with van der Waals surface area (Å²) in [4.78, 5) is 13.0. The second-order valence-electron chi connectivity index (χ2n) is 7.08. The number of aliphatic carboxylic acids is 1. The van der Waals surface area contributed by atoms with Crippen molar-refractivity contribution in [2.75, 3.05) is 13.1 Å². The maximum atomic E-state index is 10.9. The maximum absolute atomic E-state index is 10.9. The SMILES string of the molecule is CCN(CC(=O)O)C1CC(NCc2cccc(OCc3ccccc3)c2)C1. The van der Waals surface area contributed by atoms with Crippen molar-refractivity contribution in [2.24, 2.45) is 0 Å². The monoisotopic (exact) mass is 368 g/mol. The molecule has 0 saturated heterocycles. The Morgan fingerprint density at radius 2 is 1.89 bits per heavy atom. The van der Waals surface area contributed by atoms with E-state index >= 15 is 0 Å². The topological polar surface area (TPSA) is 61.8 Å². The van der Waals surface area contributed by atoms with Crippen LogP contribution in [-0.2, 0) is 17.9 Å². The summed E-state index contributed by atoms with van der Waals surface area (Å²) in [5.41, 5.74) is 2.35. The van der Waals surface area contributed by atoms with Crippen molar-refractivity contribution in [3.63, 3.8) is 0 Å². The summed E-state index contributed by atoms with van der Waals surface area (Å²) in [7, 11) is 0. The molecular formula is C22H28N2O3. The van der Waals surface area contributed by atoms with E-state index in [0.29, 0.717) is 18.7 Å². The quantitative estimate of drug-likeness (QED) is 0.674. The number of carboxylic acids is 1. The molecule has 0 spiro atoms. The summed E-state index contributed by atoms with van der Waals surface area (Å²) in [5.74, 6) is 0.129. The second-order valence-corrected chi connectivity index (χ2v) is 7.08. The fraction of sp³-hybridized carbons (Fsp3) is 0.409. The molecule has 0 heterocycles. The molecule has 0 aromatic heterocycles. The molecule has 0 atom stereocenters. The molecule has 0 bridgehead atoms. The van der Waals surface area contributed by atoms with E-state index in [4.69, 9.17) is 9.84 Å². The molecule has 0 amide bonds. The number of nitrogens with one attached hydrogen (secondary N) is 1. The Hall–Kier alpha value is -2.37. The molecule has 0 radical (unpaired) electrons. The van der Waals surface area contributed by atoms with Crippen molar-refractivity contribution in [3.05, 3.63) is 65.7 Å². The average molecular weight is 368 g/mol. The van der Waals surface area contributed by atoms with Crippen LogP contribution >= 0.6 is 0 Å². The Bertz CT molecular complexity index is 729. The number of rotatable bonds is 10. The van der Waals surface area contributed by atoms with Gasteiger partial charge in [0, 0.05) is 18.6 Å². The molecule has 2 aromatic carbocycles. The first-order valence-electron chi connectivity index (χ1n) is 9.59. The first kappa shape index (κ1) is 19.4. The summed E-state index contributed by atoms with van der Waals surface area (Å²) in [6.07, 6.45) is 2.01. The third kappa shape index (κ3) is 5.81. The van der Waals surface area contributed by atoms with Crippen LogP contribution in [-0.4, -0.2) is 41.1 Å². The van der Waals surface area contributed by atoms with Gasteiger partial charge < -0.3 is 15.2 Å². The normalized spacial score (nSPS) is 18.9. The molecule has 5 nitrogen and oxygen atoms in total. The Kier molecular flexibility index (Phi) is 6.85. The van der Waals surface area contributed by atoms with Gasteiger partial charge in [-0.05, 0) is 42.6 Å². The van der Waals surface area contributed by atoms with Crippen LogP contribution in [0.1, 0.15) is 30.9 Å². The van der Waals surface area contributed by atoms with E-state index in [1.54, 1.807) is 0 Å². The van der Waals surface area contributed by atoms with Gasteiger partial charge in [-0.15, -0.1) is 0 Å². The summed E-state index contributed by atoms with van der Waals surface area (Å²) in [6.45, 7) is 4.30. The summed E-state index contributed by atoms with van der Waals surface area (Å²) >= 11 is 0. The number of carbonyl (C=O) groups is 1. The maximum Gasteiger partial charge on any atom is 0.317 e. The second kappa shape index (κ2) is 9.53. The average Bonchev–Trinajstić information content (AvgIpc) is 2.65. The van der Waals surface area contributed by atoms with Crippen LogP contribution in [0.3, 0.4) is 0 Å². The van der Waals surface area contributed by atoms with E-state index in [1.165, 1.54) is 5.56 Å². The zero-order valence-corrected chi connectivity index (χ0v) is 15.8. The van der Waals surface area contributed by atoms with Crippen LogP contribution in [0, 0.1) is 0 Å². The highest BCUT2D eigenvalue weighted by Gasteiger charge is 2.33. The Morgan fingerprint density at radius 1 is 1.15 bits per heavy atom. The van der Waals surface area contributed by atoms with Gasteiger partial charge in [-0.2, -0.15) is 0 Å². The Balaban J connectivity index is 1.42. The number of carboxylic acid groups (broad SMARTS) is 1. The van der Waals surface area contributed by atoms with Gasteiger partial charge >= 0.3 is 5.97 Å². The van der Waals surface area contributed by atoms with Gasteiger partial charge in [-0.25, -0.2) is 0 Å². The number of ether oxygens (including phenoxy) is 1. The first-order chi connectivity index (χ1) is 13.1. The molecule has 27 heavy (non-hydrogen) atoms.